The molecule has 20 heavy (non-hydrogen) atoms. The molecule has 1 aromatic heterocycles. The van der Waals surface area contributed by atoms with Crippen molar-refractivity contribution >= 4 is 11.8 Å². The van der Waals surface area contributed by atoms with Crippen LogP contribution in [0.3, 0.4) is 0 Å². The van der Waals surface area contributed by atoms with E-state index in [9.17, 15) is 4.39 Å². The number of oxime groups is 1. The highest BCUT2D eigenvalue weighted by molar-refractivity contribution is 5.95. The fourth-order valence-electron chi connectivity index (χ4n) is 1.61. The number of benzene rings is 1. The minimum absolute atomic E-state index is 0.0830. The van der Waals surface area contributed by atoms with Crippen LogP contribution in [0.5, 0.6) is 0 Å². The van der Waals surface area contributed by atoms with E-state index in [1.165, 1.54) is 12.1 Å². The number of amidine groups is 1. The van der Waals surface area contributed by atoms with Crippen LogP contribution in [0.4, 0.5) is 10.3 Å². The van der Waals surface area contributed by atoms with Gasteiger partial charge in [-0.2, -0.15) is 0 Å². The van der Waals surface area contributed by atoms with Crippen molar-refractivity contribution in [2.24, 2.45) is 10.9 Å². The minimum atomic E-state index is -0.283. The number of halogens is 1. The van der Waals surface area contributed by atoms with Gasteiger partial charge in [0, 0.05) is 12.2 Å². The molecule has 4 N–H and O–H groups in total. The monoisotopic (exact) mass is 275 g/mol. The van der Waals surface area contributed by atoms with E-state index < -0.39 is 0 Å². The first-order valence-electron chi connectivity index (χ1n) is 5.90. The fraction of sp³-hybridized carbons (Fsp3) is 0.154. The first-order chi connectivity index (χ1) is 9.58. The summed E-state index contributed by atoms with van der Waals surface area (Å²) < 4.78 is 12.8. The van der Waals surface area contributed by atoms with Crippen molar-refractivity contribution in [1.82, 2.24) is 9.97 Å². The van der Waals surface area contributed by atoms with Crippen molar-refractivity contribution in [2.45, 2.75) is 13.5 Å². The third-order valence-electron chi connectivity index (χ3n) is 2.59. The van der Waals surface area contributed by atoms with Gasteiger partial charge in [-0.1, -0.05) is 17.3 Å². The van der Waals surface area contributed by atoms with Gasteiger partial charge >= 0.3 is 0 Å². The summed E-state index contributed by atoms with van der Waals surface area (Å²) in [5.74, 6) is -0.00831. The van der Waals surface area contributed by atoms with E-state index in [0.717, 1.165) is 5.56 Å². The zero-order chi connectivity index (χ0) is 14.5. The maximum Gasteiger partial charge on any atom is 0.223 e. The molecular formula is C13H14FN5O. The zero-order valence-electron chi connectivity index (χ0n) is 10.8. The summed E-state index contributed by atoms with van der Waals surface area (Å²) in [5.41, 5.74) is 7.41. The number of nitrogens with one attached hydrogen (secondary N) is 1. The molecule has 0 saturated carbocycles. The number of anilines is 1. The molecular weight excluding hydrogens is 261 g/mol. The Labute approximate surface area is 115 Å². The Morgan fingerprint density at radius 2 is 2.05 bits per heavy atom. The summed E-state index contributed by atoms with van der Waals surface area (Å²) in [6.07, 6.45) is 0. The normalized spacial score (nSPS) is 11.4. The molecule has 7 heteroatoms. The Morgan fingerprint density at radius 1 is 1.35 bits per heavy atom. The lowest BCUT2D eigenvalue weighted by molar-refractivity contribution is 0.318. The summed E-state index contributed by atoms with van der Waals surface area (Å²) in [7, 11) is 0. The molecule has 0 amide bonds. The number of hydrogen-bond acceptors (Lipinski definition) is 5. The van der Waals surface area contributed by atoms with E-state index in [-0.39, 0.29) is 11.7 Å². The molecule has 1 heterocycles. The molecule has 0 bridgehead atoms. The van der Waals surface area contributed by atoms with E-state index in [1.54, 1.807) is 25.1 Å². The predicted octanol–water partition coefficient (Wildman–Crippen LogP) is 1.63. The zero-order valence-corrected chi connectivity index (χ0v) is 10.8. The van der Waals surface area contributed by atoms with Crippen LogP contribution in [-0.4, -0.2) is 21.0 Å². The number of aromatic nitrogens is 2. The molecule has 0 aliphatic carbocycles. The predicted molar refractivity (Wildman–Crippen MR) is 73.0 cm³/mol. The standard InChI is InChI=1S/C13H14FN5O/c1-8-6-11(12(15)19-20)18-13(17-8)16-7-9-2-4-10(14)5-3-9/h2-6,20H,7H2,1H3,(H2,15,19)(H,16,17,18). The Balaban J connectivity index is 2.13. The molecule has 104 valence electrons. The van der Waals surface area contributed by atoms with Crippen LogP contribution >= 0.6 is 0 Å². The summed E-state index contributed by atoms with van der Waals surface area (Å²) in [6, 6.07) is 7.72. The van der Waals surface area contributed by atoms with Crippen LogP contribution in [0.2, 0.25) is 0 Å². The van der Waals surface area contributed by atoms with Crippen LogP contribution in [0.25, 0.3) is 0 Å². The fourth-order valence-corrected chi connectivity index (χ4v) is 1.61. The maximum absolute atomic E-state index is 12.8. The van der Waals surface area contributed by atoms with Gasteiger partial charge in [0.25, 0.3) is 0 Å². The lowest BCUT2D eigenvalue weighted by atomic mass is 10.2. The molecule has 0 aliphatic rings. The van der Waals surface area contributed by atoms with E-state index in [1.807, 2.05) is 0 Å². The van der Waals surface area contributed by atoms with Gasteiger partial charge in [-0.05, 0) is 30.7 Å². The molecule has 1 aromatic carbocycles. The summed E-state index contributed by atoms with van der Waals surface area (Å²) >= 11 is 0. The second kappa shape index (κ2) is 5.96. The largest absolute Gasteiger partial charge is 0.409 e. The van der Waals surface area contributed by atoms with Gasteiger partial charge in [0.05, 0.1) is 0 Å². The van der Waals surface area contributed by atoms with Crippen LogP contribution in [-0.2, 0) is 6.54 Å². The van der Waals surface area contributed by atoms with Gasteiger partial charge in [0.2, 0.25) is 5.95 Å². The van der Waals surface area contributed by atoms with Crippen LogP contribution in [0, 0.1) is 12.7 Å². The Morgan fingerprint density at radius 3 is 2.70 bits per heavy atom. The van der Waals surface area contributed by atoms with Crippen LogP contribution in [0.1, 0.15) is 17.0 Å². The van der Waals surface area contributed by atoms with E-state index in [4.69, 9.17) is 10.9 Å². The van der Waals surface area contributed by atoms with Gasteiger partial charge in [0.15, 0.2) is 5.84 Å². The highest BCUT2D eigenvalue weighted by Crippen LogP contribution is 2.08. The minimum Gasteiger partial charge on any atom is -0.409 e. The van der Waals surface area contributed by atoms with Crippen molar-refractivity contribution in [3.63, 3.8) is 0 Å². The summed E-state index contributed by atoms with van der Waals surface area (Å²) in [5, 5.41) is 14.6. The molecule has 6 nitrogen and oxygen atoms in total. The molecule has 0 unspecified atom stereocenters. The van der Waals surface area contributed by atoms with Gasteiger partial charge in [-0.3, -0.25) is 0 Å². The second-order valence-corrected chi connectivity index (χ2v) is 4.18. The number of nitrogens with zero attached hydrogens (tertiary/aromatic N) is 3. The van der Waals surface area contributed by atoms with Gasteiger partial charge < -0.3 is 16.3 Å². The number of nitrogens with two attached hydrogens (primary N) is 1. The quantitative estimate of drug-likeness (QED) is 0.341. The van der Waals surface area contributed by atoms with Crippen molar-refractivity contribution in [2.75, 3.05) is 5.32 Å². The Hall–Kier alpha value is -2.70. The number of hydrogen-bond donors (Lipinski definition) is 3. The van der Waals surface area contributed by atoms with Crippen molar-refractivity contribution in [1.29, 1.82) is 0 Å². The molecule has 0 fully saturated rings. The molecule has 0 saturated heterocycles. The highest BCUT2D eigenvalue weighted by Gasteiger charge is 2.06. The van der Waals surface area contributed by atoms with Crippen LogP contribution < -0.4 is 11.1 Å². The summed E-state index contributed by atoms with van der Waals surface area (Å²) in [6.45, 7) is 2.22. The third kappa shape index (κ3) is 3.41. The van der Waals surface area contributed by atoms with Crippen molar-refractivity contribution in [3.05, 3.63) is 53.1 Å². The van der Waals surface area contributed by atoms with Gasteiger partial charge in [-0.15, -0.1) is 0 Å². The SMILES string of the molecule is Cc1cc(C(N)=NO)nc(NCc2ccc(F)cc2)n1. The average Bonchev–Trinajstić information content (AvgIpc) is 2.45. The molecule has 2 aromatic rings. The molecule has 0 spiro atoms. The number of aryl methyl sites for hydroxylation is 1. The molecule has 0 atom stereocenters. The van der Waals surface area contributed by atoms with Gasteiger partial charge in [0.1, 0.15) is 11.5 Å². The second-order valence-electron chi connectivity index (χ2n) is 4.18. The van der Waals surface area contributed by atoms with E-state index >= 15 is 0 Å². The molecule has 2 rings (SSSR count). The van der Waals surface area contributed by atoms with Gasteiger partial charge in [-0.25, -0.2) is 14.4 Å². The van der Waals surface area contributed by atoms with Crippen LogP contribution in [0.15, 0.2) is 35.5 Å². The topological polar surface area (TPSA) is 96.4 Å². The Kier molecular flexibility index (Phi) is 4.09. The lowest BCUT2D eigenvalue weighted by Crippen LogP contribution is -2.17. The highest BCUT2D eigenvalue weighted by atomic mass is 19.1. The molecule has 0 radical (unpaired) electrons. The maximum atomic E-state index is 12.8. The van der Waals surface area contributed by atoms with E-state index in [0.29, 0.717) is 23.9 Å². The first kappa shape index (κ1) is 13.7. The lowest BCUT2D eigenvalue weighted by Gasteiger charge is -2.07. The molecule has 0 aliphatic heterocycles. The van der Waals surface area contributed by atoms with E-state index in [2.05, 4.69) is 20.4 Å². The van der Waals surface area contributed by atoms with Crippen molar-refractivity contribution < 1.29 is 9.60 Å². The summed E-state index contributed by atoms with van der Waals surface area (Å²) in [4.78, 5) is 8.32. The number of rotatable bonds is 4. The smallest absolute Gasteiger partial charge is 0.223 e. The average molecular weight is 275 g/mol. The van der Waals surface area contributed by atoms with Crippen molar-refractivity contribution in [3.8, 4) is 0 Å². The Bertz CT molecular complexity index is 627. The first-order valence-corrected chi connectivity index (χ1v) is 5.90. The third-order valence-corrected chi connectivity index (χ3v) is 2.59.